The van der Waals surface area contributed by atoms with E-state index in [9.17, 15) is 0 Å². The molecule has 1 aliphatic rings. The molecule has 2 nitrogen and oxygen atoms in total. The van der Waals surface area contributed by atoms with Crippen LogP contribution in [0.1, 0.15) is 33.1 Å². The van der Waals surface area contributed by atoms with Crippen molar-refractivity contribution in [3.8, 4) is 0 Å². The van der Waals surface area contributed by atoms with Crippen LogP contribution in [-0.2, 0) is 4.74 Å². The van der Waals surface area contributed by atoms with Crippen LogP contribution in [-0.4, -0.2) is 23.4 Å². The van der Waals surface area contributed by atoms with Crippen LogP contribution in [0.25, 0.3) is 0 Å². The zero-order valence-electron chi connectivity index (χ0n) is 7.97. The van der Waals surface area contributed by atoms with Gasteiger partial charge in [-0.1, -0.05) is 12.2 Å². The Morgan fingerprint density at radius 3 is 2.83 bits per heavy atom. The van der Waals surface area contributed by atoms with Crippen LogP contribution in [0.5, 0.6) is 0 Å². The first-order valence-electron chi connectivity index (χ1n) is 4.51. The van der Waals surface area contributed by atoms with Gasteiger partial charge in [0.15, 0.2) is 0 Å². The molecule has 2 heteroatoms. The fourth-order valence-electron chi connectivity index (χ4n) is 1.67. The van der Waals surface area contributed by atoms with E-state index in [4.69, 9.17) is 9.84 Å². The summed E-state index contributed by atoms with van der Waals surface area (Å²) in [6.45, 7) is 8.14. The standard InChI is InChI=1S/C10H18O2/c1-8(2)9-4-5-10(3,12-9)6-7-11/h9,11H,1,4-7H2,2-3H3/t9-,10-/m1/s1. The molecule has 0 saturated carbocycles. The summed E-state index contributed by atoms with van der Waals surface area (Å²) in [6, 6.07) is 0. The monoisotopic (exact) mass is 170 g/mol. The van der Waals surface area contributed by atoms with Gasteiger partial charge in [0, 0.05) is 6.61 Å². The molecule has 1 fully saturated rings. The van der Waals surface area contributed by atoms with Crippen LogP contribution >= 0.6 is 0 Å². The minimum Gasteiger partial charge on any atom is -0.396 e. The Hall–Kier alpha value is -0.340. The highest BCUT2D eigenvalue weighted by Crippen LogP contribution is 2.34. The fourth-order valence-corrected chi connectivity index (χ4v) is 1.67. The maximum Gasteiger partial charge on any atom is 0.0788 e. The molecule has 0 unspecified atom stereocenters. The van der Waals surface area contributed by atoms with E-state index in [-0.39, 0.29) is 18.3 Å². The van der Waals surface area contributed by atoms with E-state index < -0.39 is 0 Å². The predicted octanol–water partition coefficient (Wildman–Crippen LogP) is 1.88. The van der Waals surface area contributed by atoms with Crippen molar-refractivity contribution in [2.24, 2.45) is 0 Å². The van der Waals surface area contributed by atoms with E-state index in [0.29, 0.717) is 0 Å². The first kappa shape index (κ1) is 9.75. The average molecular weight is 170 g/mol. The van der Waals surface area contributed by atoms with Gasteiger partial charge in [0.2, 0.25) is 0 Å². The average Bonchev–Trinajstić information content (AvgIpc) is 2.33. The van der Waals surface area contributed by atoms with Crippen molar-refractivity contribution >= 4 is 0 Å². The van der Waals surface area contributed by atoms with E-state index >= 15 is 0 Å². The molecule has 1 aliphatic heterocycles. The van der Waals surface area contributed by atoms with Crippen LogP contribution in [0, 0.1) is 0 Å². The number of aliphatic hydroxyl groups is 1. The number of hydrogen-bond donors (Lipinski definition) is 1. The van der Waals surface area contributed by atoms with E-state index in [0.717, 1.165) is 24.8 Å². The summed E-state index contributed by atoms with van der Waals surface area (Å²) in [5.41, 5.74) is 0.981. The van der Waals surface area contributed by atoms with Crippen LogP contribution in [0.15, 0.2) is 12.2 Å². The van der Waals surface area contributed by atoms with E-state index in [1.165, 1.54) is 0 Å². The second kappa shape index (κ2) is 3.58. The van der Waals surface area contributed by atoms with Gasteiger partial charge in [-0.2, -0.15) is 0 Å². The molecule has 1 heterocycles. The van der Waals surface area contributed by atoms with Crippen LogP contribution in [0.4, 0.5) is 0 Å². The number of ether oxygens (including phenoxy) is 1. The highest BCUT2D eigenvalue weighted by Gasteiger charge is 2.35. The molecule has 0 aromatic rings. The maximum atomic E-state index is 8.81. The molecule has 0 aromatic heterocycles. The van der Waals surface area contributed by atoms with E-state index in [1.54, 1.807) is 0 Å². The topological polar surface area (TPSA) is 29.5 Å². The molecule has 0 amide bonds. The Kier molecular flexibility index (Phi) is 2.91. The molecular weight excluding hydrogens is 152 g/mol. The third-order valence-corrected chi connectivity index (χ3v) is 2.55. The first-order chi connectivity index (χ1) is 5.57. The summed E-state index contributed by atoms with van der Waals surface area (Å²) >= 11 is 0. The molecule has 0 aliphatic carbocycles. The van der Waals surface area contributed by atoms with Crippen molar-refractivity contribution < 1.29 is 9.84 Å². The minimum absolute atomic E-state index is 0.113. The van der Waals surface area contributed by atoms with Gasteiger partial charge in [-0.3, -0.25) is 0 Å². The van der Waals surface area contributed by atoms with Crippen molar-refractivity contribution in [3.63, 3.8) is 0 Å². The van der Waals surface area contributed by atoms with Gasteiger partial charge in [-0.25, -0.2) is 0 Å². The van der Waals surface area contributed by atoms with Crippen molar-refractivity contribution in [2.45, 2.75) is 44.8 Å². The van der Waals surface area contributed by atoms with Gasteiger partial charge in [0.05, 0.1) is 11.7 Å². The third-order valence-electron chi connectivity index (χ3n) is 2.55. The van der Waals surface area contributed by atoms with E-state index in [1.807, 2.05) is 6.92 Å². The lowest BCUT2D eigenvalue weighted by Crippen LogP contribution is -2.26. The molecule has 0 radical (unpaired) electrons. The minimum atomic E-state index is -0.113. The maximum absolute atomic E-state index is 8.81. The Labute approximate surface area is 74.2 Å². The Morgan fingerprint density at radius 2 is 2.42 bits per heavy atom. The van der Waals surface area contributed by atoms with Gasteiger partial charge < -0.3 is 9.84 Å². The van der Waals surface area contributed by atoms with Gasteiger partial charge in [-0.15, -0.1) is 0 Å². The van der Waals surface area contributed by atoms with Crippen LogP contribution < -0.4 is 0 Å². The summed E-state index contributed by atoms with van der Waals surface area (Å²) in [5.74, 6) is 0. The fraction of sp³-hybridized carbons (Fsp3) is 0.800. The Bertz CT molecular complexity index is 177. The summed E-state index contributed by atoms with van der Waals surface area (Å²) in [5, 5.41) is 8.81. The molecule has 1 rings (SSSR count). The van der Waals surface area contributed by atoms with Crippen molar-refractivity contribution in [3.05, 3.63) is 12.2 Å². The molecule has 70 valence electrons. The molecule has 1 saturated heterocycles. The second-order valence-corrected chi connectivity index (χ2v) is 3.92. The zero-order chi connectivity index (χ0) is 9.19. The second-order valence-electron chi connectivity index (χ2n) is 3.92. The molecule has 12 heavy (non-hydrogen) atoms. The van der Waals surface area contributed by atoms with Gasteiger partial charge in [0.25, 0.3) is 0 Å². The van der Waals surface area contributed by atoms with E-state index in [2.05, 4.69) is 13.5 Å². The SMILES string of the molecule is C=C(C)[C@H]1CC[C@](C)(CCO)O1. The molecule has 1 N–H and O–H groups in total. The smallest absolute Gasteiger partial charge is 0.0788 e. The molecule has 0 bridgehead atoms. The first-order valence-corrected chi connectivity index (χ1v) is 4.51. The molecular formula is C10H18O2. The molecule has 2 atom stereocenters. The highest BCUT2D eigenvalue weighted by molar-refractivity contribution is 5.03. The lowest BCUT2D eigenvalue weighted by atomic mass is 9.98. The van der Waals surface area contributed by atoms with Crippen molar-refractivity contribution in [1.29, 1.82) is 0 Å². The summed E-state index contributed by atoms with van der Waals surface area (Å²) in [7, 11) is 0. The van der Waals surface area contributed by atoms with Gasteiger partial charge in [0.1, 0.15) is 0 Å². The van der Waals surface area contributed by atoms with Gasteiger partial charge in [-0.05, 0) is 33.1 Å². The van der Waals surface area contributed by atoms with Crippen molar-refractivity contribution in [1.82, 2.24) is 0 Å². The Balaban J connectivity index is 2.48. The quantitative estimate of drug-likeness (QED) is 0.655. The lowest BCUT2D eigenvalue weighted by molar-refractivity contribution is -0.0283. The van der Waals surface area contributed by atoms with Crippen molar-refractivity contribution in [2.75, 3.05) is 6.61 Å². The molecule has 0 aromatic carbocycles. The Morgan fingerprint density at radius 1 is 1.75 bits per heavy atom. The highest BCUT2D eigenvalue weighted by atomic mass is 16.5. The zero-order valence-corrected chi connectivity index (χ0v) is 7.97. The predicted molar refractivity (Wildman–Crippen MR) is 49.0 cm³/mol. The normalized spacial score (nSPS) is 35.4. The van der Waals surface area contributed by atoms with Gasteiger partial charge >= 0.3 is 0 Å². The number of rotatable bonds is 3. The third kappa shape index (κ3) is 2.08. The summed E-state index contributed by atoms with van der Waals surface area (Å²) < 4.78 is 5.79. The van der Waals surface area contributed by atoms with Crippen LogP contribution in [0.3, 0.4) is 0 Å². The molecule has 0 spiro atoms. The lowest BCUT2D eigenvalue weighted by Gasteiger charge is -2.23. The largest absolute Gasteiger partial charge is 0.396 e. The summed E-state index contributed by atoms with van der Waals surface area (Å²) in [6.07, 6.45) is 3.02. The van der Waals surface area contributed by atoms with Crippen LogP contribution in [0.2, 0.25) is 0 Å². The summed E-state index contributed by atoms with van der Waals surface area (Å²) in [4.78, 5) is 0. The number of hydrogen-bond acceptors (Lipinski definition) is 2. The number of aliphatic hydroxyl groups excluding tert-OH is 1.